The summed E-state index contributed by atoms with van der Waals surface area (Å²) in [5, 5.41) is 0. The third-order valence-electron chi connectivity index (χ3n) is 0.690. The van der Waals surface area contributed by atoms with Crippen molar-refractivity contribution >= 4 is 0 Å². The van der Waals surface area contributed by atoms with Crippen LogP contribution in [0.25, 0.3) is 0 Å². The van der Waals surface area contributed by atoms with Crippen molar-refractivity contribution in [2.75, 3.05) is 6.61 Å². The van der Waals surface area contributed by atoms with Crippen LogP contribution in [0.1, 0.15) is 13.3 Å². The van der Waals surface area contributed by atoms with Crippen LogP contribution in [0.4, 0.5) is 0 Å². The molecule has 0 aliphatic rings. The predicted octanol–water partition coefficient (Wildman–Crippen LogP) is 1.32. The minimum atomic E-state index is 0.402. The molecule has 2 heteroatoms. The van der Waals surface area contributed by atoms with Gasteiger partial charge in [-0.3, -0.25) is 0 Å². The van der Waals surface area contributed by atoms with Crippen LogP contribution in [0.2, 0.25) is 0 Å². The van der Waals surface area contributed by atoms with Crippen LogP contribution in [-0.2, 0) is 9.39 Å². The van der Waals surface area contributed by atoms with Gasteiger partial charge in [-0.15, -0.1) is 0 Å². The Morgan fingerprint density at radius 2 is 2.50 bits per heavy atom. The summed E-state index contributed by atoms with van der Waals surface area (Å²) < 4.78 is 13.7. The van der Waals surface area contributed by atoms with Crippen molar-refractivity contribution < 1.29 is 9.39 Å². The van der Waals surface area contributed by atoms with Gasteiger partial charge in [0.15, 0.2) is 0 Å². The first-order valence-corrected chi connectivity index (χ1v) is 2.40. The van der Waals surface area contributed by atoms with E-state index in [0.717, 1.165) is 12.0 Å². The van der Waals surface area contributed by atoms with E-state index in [9.17, 15) is 4.65 Å². The van der Waals surface area contributed by atoms with E-state index in [2.05, 4.69) is 11.3 Å². The van der Waals surface area contributed by atoms with Crippen molar-refractivity contribution in [1.29, 1.82) is 0 Å². The number of hydrogen-bond acceptors (Lipinski definition) is 1. The van der Waals surface area contributed by atoms with Gasteiger partial charge in [0, 0.05) is 0 Å². The van der Waals surface area contributed by atoms with Gasteiger partial charge < -0.3 is 0 Å². The molecule has 0 unspecified atom stereocenters. The first-order chi connectivity index (χ1) is 3.77. The monoisotopic (exact) mass is 113 g/mol. The fraction of sp³-hybridized carbons (Fsp3) is 0.500. The topological polar surface area (TPSA) is 29.1 Å². The molecule has 0 atom stereocenters. The molecule has 0 rings (SSSR count). The van der Waals surface area contributed by atoms with Gasteiger partial charge in [0.2, 0.25) is 0 Å². The van der Waals surface area contributed by atoms with E-state index >= 15 is 0 Å². The summed E-state index contributed by atoms with van der Waals surface area (Å²) >= 11 is 0. The Labute approximate surface area is 48.9 Å². The molecule has 0 aliphatic heterocycles. The Morgan fingerprint density at radius 3 is 2.88 bits per heavy atom. The molecule has 44 valence electrons. The molecule has 0 heterocycles. The molecule has 0 fully saturated rings. The zero-order valence-electron chi connectivity index (χ0n) is 4.94. The molecule has 0 saturated carbocycles. The third-order valence-corrected chi connectivity index (χ3v) is 0.690. The van der Waals surface area contributed by atoms with Crippen LogP contribution < -0.4 is 0 Å². The molecule has 0 bridgehead atoms. The number of hydrogen-bond donors (Lipinski definition) is 0. The normalized spacial score (nSPS) is 7.50. The fourth-order valence-corrected chi connectivity index (χ4v) is 0.267. The maximum absolute atomic E-state index is 9.41. The van der Waals surface area contributed by atoms with E-state index in [4.69, 9.17) is 0 Å². The van der Waals surface area contributed by atoms with Crippen LogP contribution in [0.15, 0.2) is 12.2 Å². The SMILES string of the molecule is C=C(C)CCOC#[O+]. The van der Waals surface area contributed by atoms with Crippen LogP contribution in [0.5, 0.6) is 0 Å². The standard InChI is InChI=1S/C6H9O2/c1-6(2)3-4-8-5-7/h1,3-4H2,2H3/q+1. The van der Waals surface area contributed by atoms with Crippen LogP contribution in [-0.4, -0.2) is 6.61 Å². The Bertz CT molecular complexity index is 110. The van der Waals surface area contributed by atoms with Crippen LogP contribution >= 0.6 is 0 Å². The van der Waals surface area contributed by atoms with Crippen LogP contribution in [0.3, 0.4) is 0 Å². The van der Waals surface area contributed by atoms with Gasteiger partial charge >= 0.3 is 47.8 Å². The Morgan fingerprint density at radius 1 is 1.88 bits per heavy atom. The molecular formula is C6H9O2+. The molecule has 0 amide bonds. The van der Waals surface area contributed by atoms with Gasteiger partial charge in [-0.05, 0) is 0 Å². The second-order valence-corrected chi connectivity index (χ2v) is 1.64. The van der Waals surface area contributed by atoms with Gasteiger partial charge in [0.25, 0.3) is 0 Å². The molecule has 8 heavy (non-hydrogen) atoms. The Hall–Kier alpha value is -0.720. The van der Waals surface area contributed by atoms with E-state index in [1.807, 2.05) is 6.92 Å². The van der Waals surface area contributed by atoms with E-state index < -0.39 is 0 Å². The number of rotatable bonds is 3. The summed E-state index contributed by atoms with van der Waals surface area (Å²) in [4.78, 5) is 0. The molecule has 0 aromatic rings. The summed E-state index contributed by atoms with van der Waals surface area (Å²) in [6, 6.07) is 0. The Kier molecular flexibility index (Phi) is 4.04. The molecule has 2 nitrogen and oxygen atoms in total. The average Bonchev–Trinajstić information content (AvgIpc) is 1.66. The fourth-order valence-electron chi connectivity index (χ4n) is 0.267. The summed E-state index contributed by atoms with van der Waals surface area (Å²) in [5.41, 5.74) is 1.01. The molecule has 0 saturated heterocycles. The molecule has 0 aromatic carbocycles. The van der Waals surface area contributed by atoms with Gasteiger partial charge in [-0.25, -0.2) is 0 Å². The predicted molar refractivity (Wildman–Crippen MR) is 30.0 cm³/mol. The van der Waals surface area contributed by atoms with Crippen LogP contribution in [0, 0.1) is 6.33 Å². The number of ether oxygens (including phenoxy) is 1. The zero-order valence-corrected chi connectivity index (χ0v) is 4.94. The second-order valence-electron chi connectivity index (χ2n) is 1.64. The zero-order chi connectivity index (χ0) is 6.41. The van der Waals surface area contributed by atoms with Crippen molar-refractivity contribution in [2.45, 2.75) is 13.3 Å². The average molecular weight is 113 g/mol. The third kappa shape index (κ3) is 5.28. The summed E-state index contributed by atoms with van der Waals surface area (Å²) in [5.74, 6) is 0. The van der Waals surface area contributed by atoms with E-state index in [0.29, 0.717) is 6.61 Å². The Balaban J connectivity index is 2.97. The summed E-state index contributed by atoms with van der Waals surface area (Å²) in [6.45, 7) is 5.90. The van der Waals surface area contributed by atoms with Gasteiger partial charge in [0.05, 0.1) is 0 Å². The summed E-state index contributed by atoms with van der Waals surface area (Å²) in [6.07, 6.45) is 2.06. The molecular weight excluding hydrogens is 104 g/mol. The van der Waals surface area contributed by atoms with E-state index in [1.54, 1.807) is 0 Å². The van der Waals surface area contributed by atoms with Crippen molar-refractivity contribution in [3.8, 4) is 6.33 Å². The van der Waals surface area contributed by atoms with Gasteiger partial charge in [-0.2, -0.15) is 0 Å². The molecule has 0 spiro atoms. The van der Waals surface area contributed by atoms with Gasteiger partial charge in [0.1, 0.15) is 0 Å². The molecule has 0 aromatic heterocycles. The minimum absolute atomic E-state index is 0.402. The molecule has 0 N–H and O–H groups in total. The van der Waals surface area contributed by atoms with Crippen molar-refractivity contribution in [2.24, 2.45) is 0 Å². The molecule has 0 radical (unpaired) electrons. The maximum atomic E-state index is 9.41. The first kappa shape index (κ1) is 7.28. The van der Waals surface area contributed by atoms with Crippen molar-refractivity contribution in [3.63, 3.8) is 0 Å². The summed E-state index contributed by atoms with van der Waals surface area (Å²) in [7, 11) is 0. The quantitative estimate of drug-likeness (QED) is 0.308. The molecule has 0 aliphatic carbocycles. The van der Waals surface area contributed by atoms with E-state index in [-0.39, 0.29) is 0 Å². The van der Waals surface area contributed by atoms with E-state index in [1.165, 1.54) is 6.33 Å². The van der Waals surface area contributed by atoms with Crippen molar-refractivity contribution in [1.82, 2.24) is 0 Å². The first-order valence-electron chi connectivity index (χ1n) is 2.40. The van der Waals surface area contributed by atoms with Gasteiger partial charge in [-0.1, -0.05) is 0 Å². The second kappa shape index (κ2) is 4.44. The van der Waals surface area contributed by atoms with Crippen molar-refractivity contribution in [3.05, 3.63) is 12.2 Å².